The molecule has 1 rings (SSSR count). The van der Waals surface area contributed by atoms with Crippen LogP contribution in [0.2, 0.25) is 0 Å². The van der Waals surface area contributed by atoms with E-state index in [2.05, 4.69) is 6.58 Å². The van der Waals surface area contributed by atoms with Gasteiger partial charge in [-0.3, -0.25) is 4.79 Å². The number of carbonyl (C=O) groups is 1. The standard InChI is InChI=1S/C10H12NO.ClH/c1-3-6-11-7-4-10(5-8-11)9(2)12;/h3-5,7-8H,1,6H2,2H3;1H/q+1;/p-1. The highest BCUT2D eigenvalue weighted by molar-refractivity contribution is 5.93. The van der Waals surface area contributed by atoms with Crippen molar-refractivity contribution in [2.24, 2.45) is 0 Å². The Morgan fingerprint density at radius 3 is 2.46 bits per heavy atom. The molecule has 0 aliphatic heterocycles. The molecule has 0 saturated heterocycles. The smallest absolute Gasteiger partial charge is 0.169 e. The molecule has 0 atom stereocenters. The summed E-state index contributed by atoms with van der Waals surface area (Å²) < 4.78 is 1.96. The molecule has 1 heterocycles. The molecule has 0 N–H and O–H groups in total. The molecule has 0 saturated carbocycles. The number of ketones is 1. The largest absolute Gasteiger partial charge is 1.00 e. The van der Waals surface area contributed by atoms with Gasteiger partial charge in [-0.1, -0.05) is 6.58 Å². The van der Waals surface area contributed by atoms with Gasteiger partial charge >= 0.3 is 0 Å². The van der Waals surface area contributed by atoms with Crippen LogP contribution in [0.25, 0.3) is 0 Å². The van der Waals surface area contributed by atoms with Crippen LogP contribution in [0.4, 0.5) is 0 Å². The average Bonchev–Trinajstić information content (AvgIpc) is 2.06. The van der Waals surface area contributed by atoms with Gasteiger partial charge in [-0.25, -0.2) is 4.57 Å². The number of aromatic nitrogens is 1. The van der Waals surface area contributed by atoms with Crippen LogP contribution in [0.5, 0.6) is 0 Å². The molecule has 0 amide bonds. The molecule has 2 nitrogen and oxygen atoms in total. The first-order valence-electron chi connectivity index (χ1n) is 3.85. The van der Waals surface area contributed by atoms with Crippen molar-refractivity contribution in [1.82, 2.24) is 0 Å². The van der Waals surface area contributed by atoms with E-state index in [0.717, 1.165) is 12.1 Å². The number of allylic oxidation sites excluding steroid dienone is 1. The minimum Gasteiger partial charge on any atom is -1.00 e. The first kappa shape index (κ1) is 11.8. The summed E-state index contributed by atoms with van der Waals surface area (Å²) in [6.07, 6.45) is 5.56. The molecule has 0 aliphatic carbocycles. The maximum Gasteiger partial charge on any atom is 0.169 e. The predicted molar refractivity (Wildman–Crippen MR) is 46.8 cm³/mol. The molecule has 0 aromatic carbocycles. The summed E-state index contributed by atoms with van der Waals surface area (Å²) >= 11 is 0. The summed E-state index contributed by atoms with van der Waals surface area (Å²) in [7, 11) is 0. The molecule has 0 bridgehead atoms. The van der Waals surface area contributed by atoms with Crippen molar-refractivity contribution in [1.29, 1.82) is 0 Å². The van der Waals surface area contributed by atoms with Crippen molar-refractivity contribution in [2.45, 2.75) is 13.5 Å². The highest BCUT2D eigenvalue weighted by atomic mass is 35.5. The SMILES string of the molecule is C=CC[n+]1ccc(C(C)=O)cc1.[Cl-]. The summed E-state index contributed by atoms with van der Waals surface area (Å²) in [5.41, 5.74) is 0.746. The molecular weight excluding hydrogens is 186 g/mol. The molecule has 1 aromatic rings. The van der Waals surface area contributed by atoms with Crippen LogP contribution in [0, 0.1) is 0 Å². The molecular formula is C10H12ClNO. The molecule has 0 aliphatic rings. The maximum atomic E-state index is 10.9. The van der Waals surface area contributed by atoms with Gasteiger partial charge in [-0.2, -0.15) is 0 Å². The van der Waals surface area contributed by atoms with Crippen molar-refractivity contribution >= 4 is 5.78 Å². The normalized spacial score (nSPS) is 8.69. The first-order valence-corrected chi connectivity index (χ1v) is 3.85. The van der Waals surface area contributed by atoms with Crippen LogP contribution < -0.4 is 17.0 Å². The zero-order valence-electron chi connectivity index (χ0n) is 7.53. The fourth-order valence-electron chi connectivity index (χ4n) is 0.963. The number of pyridine rings is 1. The van der Waals surface area contributed by atoms with E-state index in [9.17, 15) is 4.79 Å². The zero-order valence-corrected chi connectivity index (χ0v) is 8.29. The van der Waals surface area contributed by atoms with Crippen molar-refractivity contribution in [3.63, 3.8) is 0 Å². The third-order valence-electron chi connectivity index (χ3n) is 1.64. The van der Waals surface area contributed by atoms with Crippen LogP contribution in [0.1, 0.15) is 17.3 Å². The fourth-order valence-corrected chi connectivity index (χ4v) is 0.963. The Morgan fingerprint density at radius 1 is 1.54 bits per heavy atom. The number of carbonyl (C=O) groups excluding carboxylic acids is 1. The van der Waals surface area contributed by atoms with E-state index >= 15 is 0 Å². The van der Waals surface area contributed by atoms with Gasteiger partial charge in [-0.15, -0.1) is 0 Å². The highest BCUT2D eigenvalue weighted by Crippen LogP contribution is 1.95. The number of hydrogen-bond acceptors (Lipinski definition) is 1. The minimum atomic E-state index is 0. The van der Waals surface area contributed by atoms with E-state index in [1.807, 2.05) is 35.2 Å². The van der Waals surface area contributed by atoms with Crippen molar-refractivity contribution in [3.05, 3.63) is 42.7 Å². The van der Waals surface area contributed by atoms with Crippen LogP contribution in [0.3, 0.4) is 0 Å². The second-order valence-corrected chi connectivity index (χ2v) is 2.63. The fraction of sp³-hybridized carbons (Fsp3) is 0.200. The van der Waals surface area contributed by atoms with Crippen LogP contribution in [0.15, 0.2) is 37.2 Å². The Balaban J connectivity index is 0.00000144. The summed E-state index contributed by atoms with van der Waals surface area (Å²) in [4.78, 5) is 10.9. The van der Waals surface area contributed by atoms with Gasteiger partial charge in [0, 0.05) is 17.7 Å². The third-order valence-corrected chi connectivity index (χ3v) is 1.64. The lowest BCUT2D eigenvalue weighted by Crippen LogP contribution is -3.00. The van der Waals surface area contributed by atoms with Gasteiger partial charge < -0.3 is 12.4 Å². The molecule has 0 spiro atoms. The van der Waals surface area contributed by atoms with E-state index in [4.69, 9.17) is 0 Å². The van der Waals surface area contributed by atoms with Crippen molar-refractivity contribution in [2.75, 3.05) is 0 Å². The summed E-state index contributed by atoms with van der Waals surface area (Å²) in [6.45, 7) is 5.96. The lowest BCUT2D eigenvalue weighted by Gasteiger charge is -1.93. The Kier molecular flexibility index (Phi) is 5.00. The predicted octanol–water partition coefficient (Wildman–Crippen LogP) is -1.63. The van der Waals surface area contributed by atoms with Gasteiger partial charge in [0.2, 0.25) is 0 Å². The van der Waals surface area contributed by atoms with E-state index in [0.29, 0.717) is 0 Å². The number of rotatable bonds is 3. The Morgan fingerprint density at radius 2 is 2.08 bits per heavy atom. The molecule has 0 fully saturated rings. The van der Waals surface area contributed by atoms with Gasteiger partial charge in [0.25, 0.3) is 0 Å². The topological polar surface area (TPSA) is 20.9 Å². The van der Waals surface area contributed by atoms with Crippen LogP contribution in [-0.4, -0.2) is 5.78 Å². The van der Waals surface area contributed by atoms with E-state index in [1.54, 1.807) is 6.92 Å². The van der Waals surface area contributed by atoms with Gasteiger partial charge in [0.1, 0.15) is 0 Å². The second kappa shape index (κ2) is 5.49. The summed E-state index contributed by atoms with van der Waals surface area (Å²) in [6, 6.07) is 3.62. The molecule has 0 unspecified atom stereocenters. The minimum absolute atomic E-state index is 0. The number of nitrogens with zero attached hydrogens (tertiary/aromatic N) is 1. The maximum absolute atomic E-state index is 10.9. The molecule has 70 valence electrons. The quantitative estimate of drug-likeness (QED) is 0.324. The zero-order chi connectivity index (χ0) is 8.97. The van der Waals surface area contributed by atoms with Gasteiger partial charge in [0.15, 0.2) is 24.7 Å². The lowest BCUT2D eigenvalue weighted by atomic mass is 10.2. The Bertz CT molecular complexity index is 292. The van der Waals surface area contributed by atoms with Crippen molar-refractivity contribution in [3.8, 4) is 0 Å². The Hall–Kier alpha value is -1.15. The first-order chi connectivity index (χ1) is 5.74. The number of Topliss-reactive ketones (excluding diaryl/α,β-unsaturated/α-hetero) is 1. The van der Waals surface area contributed by atoms with E-state index in [1.165, 1.54) is 0 Å². The van der Waals surface area contributed by atoms with Crippen LogP contribution >= 0.6 is 0 Å². The molecule has 13 heavy (non-hydrogen) atoms. The highest BCUT2D eigenvalue weighted by Gasteiger charge is 2.01. The number of halogens is 1. The number of hydrogen-bond donors (Lipinski definition) is 0. The Labute approximate surface area is 84.3 Å². The van der Waals surface area contributed by atoms with Crippen LogP contribution in [-0.2, 0) is 6.54 Å². The molecule has 0 radical (unpaired) electrons. The van der Waals surface area contributed by atoms with E-state index < -0.39 is 0 Å². The molecule has 3 heteroatoms. The van der Waals surface area contributed by atoms with Gasteiger partial charge in [-0.05, 0) is 13.0 Å². The third kappa shape index (κ3) is 3.38. The lowest BCUT2D eigenvalue weighted by molar-refractivity contribution is -0.687. The monoisotopic (exact) mass is 197 g/mol. The summed E-state index contributed by atoms with van der Waals surface area (Å²) in [5, 5.41) is 0. The van der Waals surface area contributed by atoms with Gasteiger partial charge in [0.05, 0.1) is 0 Å². The second-order valence-electron chi connectivity index (χ2n) is 2.63. The average molecular weight is 198 g/mol. The van der Waals surface area contributed by atoms with Crippen molar-refractivity contribution < 1.29 is 21.8 Å². The molecule has 1 aromatic heterocycles. The van der Waals surface area contributed by atoms with E-state index in [-0.39, 0.29) is 18.2 Å². The summed E-state index contributed by atoms with van der Waals surface area (Å²) in [5.74, 6) is 0.0979.